The Labute approximate surface area is 181 Å². The van der Waals surface area contributed by atoms with Crippen molar-refractivity contribution in [2.45, 2.75) is 39.2 Å². The normalized spacial score (nSPS) is 18.7. The summed E-state index contributed by atoms with van der Waals surface area (Å²) in [5, 5.41) is 0. The van der Waals surface area contributed by atoms with E-state index in [1.165, 1.54) is 0 Å². The van der Waals surface area contributed by atoms with Crippen LogP contribution in [0.4, 0.5) is 0 Å². The summed E-state index contributed by atoms with van der Waals surface area (Å²) in [6, 6.07) is 8.17. The third kappa shape index (κ3) is 4.59. The van der Waals surface area contributed by atoms with Gasteiger partial charge >= 0.3 is 0 Å². The van der Waals surface area contributed by atoms with E-state index in [-0.39, 0.29) is 11.5 Å². The molecule has 2 aliphatic rings. The van der Waals surface area contributed by atoms with Gasteiger partial charge in [0, 0.05) is 50.2 Å². The lowest BCUT2D eigenvalue weighted by molar-refractivity contribution is -0.126. The van der Waals surface area contributed by atoms with E-state index in [1.807, 2.05) is 62.1 Å². The van der Waals surface area contributed by atoms with Crippen molar-refractivity contribution in [2.24, 2.45) is 0 Å². The summed E-state index contributed by atoms with van der Waals surface area (Å²) in [5.41, 5.74) is 3.47. The molecular weight excluding hydrogens is 372 g/mol. The number of amides is 1. The van der Waals surface area contributed by atoms with E-state index in [9.17, 15) is 4.79 Å². The Hall–Kier alpha value is -2.59. The first-order chi connectivity index (χ1) is 14.4. The largest absolute Gasteiger partial charge is 0.482 e. The molecule has 0 unspecified atom stereocenters. The molecule has 0 saturated carbocycles. The minimum atomic E-state index is -0.284. The lowest BCUT2D eigenvalue weighted by atomic mass is 9.83. The number of benzene rings is 1. The zero-order valence-corrected chi connectivity index (χ0v) is 18.8. The number of allylic oxidation sites excluding steroid dienone is 4. The van der Waals surface area contributed by atoms with Crippen LogP contribution in [0, 0.1) is 0 Å². The Bertz CT molecular complexity index is 882. The number of hydrogen-bond acceptors (Lipinski definition) is 3. The first-order valence-corrected chi connectivity index (χ1v) is 11.0. The number of carbonyl (C=O) groups excluding carboxylic acids is 1. The quantitative estimate of drug-likeness (QED) is 0.500. The summed E-state index contributed by atoms with van der Waals surface area (Å²) in [6.45, 7) is 13.7. The van der Waals surface area contributed by atoms with Gasteiger partial charge in [0.25, 0.3) is 5.91 Å². The first kappa shape index (κ1) is 22.1. The summed E-state index contributed by atoms with van der Waals surface area (Å²) < 4.78 is 6.49. The Kier molecular flexibility index (Phi) is 6.99. The van der Waals surface area contributed by atoms with Crippen LogP contribution in [0.2, 0.25) is 0 Å². The van der Waals surface area contributed by atoms with E-state index in [4.69, 9.17) is 4.74 Å². The highest BCUT2D eigenvalue weighted by molar-refractivity contribution is 5.96. The third-order valence-electron chi connectivity index (χ3n) is 6.15. The number of hydrogen-bond donors (Lipinski definition) is 0. The van der Waals surface area contributed by atoms with Gasteiger partial charge in [-0.3, -0.25) is 4.79 Å². The average molecular weight is 407 g/mol. The van der Waals surface area contributed by atoms with E-state index in [1.54, 1.807) is 0 Å². The fraction of sp³-hybridized carbons (Fsp3) is 0.423. The molecule has 2 aliphatic heterocycles. The van der Waals surface area contributed by atoms with E-state index in [0.717, 1.165) is 48.4 Å². The summed E-state index contributed by atoms with van der Waals surface area (Å²) in [6.07, 6.45) is 9.90. The van der Waals surface area contributed by atoms with Gasteiger partial charge in [-0.05, 0) is 57.2 Å². The van der Waals surface area contributed by atoms with Crippen LogP contribution in [0.15, 0.2) is 66.3 Å². The number of likely N-dealkylation sites (tertiary alicyclic amines) is 1. The number of rotatable bonds is 6. The molecule has 0 aromatic heterocycles. The zero-order valence-electron chi connectivity index (χ0n) is 18.8. The molecule has 1 fully saturated rings. The zero-order chi connectivity index (χ0) is 21.7. The number of nitrogens with zero attached hydrogens (tertiary/aromatic N) is 2. The molecule has 0 aliphatic carbocycles. The van der Waals surface area contributed by atoms with Crippen LogP contribution in [0.25, 0.3) is 5.57 Å². The standard InChI is InChI=1S/C26H34N2O2/c1-6-21(25(29)28(7-2)8-3)14-13-20(4)23-19-26(15-17-27(5)18-16-26)30-24-12-10-9-11-22(23)24/h6,9-14,19H,4,7-8,15-18H2,1-3,5H3/b14-13-,21-6+. The lowest BCUT2D eigenvalue weighted by Crippen LogP contribution is -2.46. The predicted octanol–water partition coefficient (Wildman–Crippen LogP) is 4.85. The fourth-order valence-electron chi connectivity index (χ4n) is 4.14. The molecule has 4 heteroatoms. The first-order valence-electron chi connectivity index (χ1n) is 11.0. The second kappa shape index (κ2) is 9.48. The van der Waals surface area contributed by atoms with Gasteiger partial charge in [-0.15, -0.1) is 0 Å². The molecule has 0 atom stereocenters. The summed E-state index contributed by atoms with van der Waals surface area (Å²) in [4.78, 5) is 16.9. The highest BCUT2D eigenvalue weighted by atomic mass is 16.5. The molecule has 160 valence electrons. The van der Waals surface area contributed by atoms with Crippen molar-refractivity contribution < 1.29 is 9.53 Å². The summed E-state index contributed by atoms with van der Waals surface area (Å²) in [5.74, 6) is 0.972. The van der Waals surface area contributed by atoms with Gasteiger partial charge < -0.3 is 14.5 Å². The third-order valence-corrected chi connectivity index (χ3v) is 6.15. The predicted molar refractivity (Wildman–Crippen MR) is 124 cm³/mol. The van der Waals surface area contributed by atoms with Gasteiger partial charge in [0.05, 0.1) is 0 Å². The molecule has 0 bridgehead atoms. The maximum Gasteiger partial charge on any atom is 0.253 e. The molecule has 1 amide bonds. The molecule has 1 saturated heterocycles. The van der Waals surface area contributed by atoms with Crippen LogP contribution < -0.4 is 4.74 Å². The number of ether oxygens (including phenoxy) is 1. The number of fused-ring (bicyclic) bond motifs is 1. The minimum absolute atomic E-state index is 0.0553. The number of carbonyl (C=O) groups is 1. The van der Waals surface area contributed by atoms with E-state index in [2.05, 4.69) is 30.7 Å². The van der Waals surface area contributed by atoms with Crippen molar-refractivity contribution in [3.05, 3.63) is 71.9 Å². The van der Waals surface area contributed by atoms with Gasteiger partial charge in [0.1, 0.15) is 11.4 Å². The van der Waals surface area contributed by atoms with Crippen LogP contribution in [-0.2, 0) is 4.79 Å². The molecule has 2 heterocycles. The Balaban J connectivity index is 1.89. The van der Waals surface area contributed by atoms with Crippen molar-refractivity contribution in [1.29, 1.82) is 0 Å². The van der Waals surface area contributed by atoms with Crippen molar-refractivity contribution in [2.75, 3.05) is 33.2 Å². The second-order valence-electron chi connectivity index (χ2n) is 8.10. The van der Waals surface area contributed by atoms with Crippen LogP contribution in [0.5, 0.6) is 5.75 Å². The van der Waals surface area contributed by atoms with E-state index < -0.39 is 0 Å². The van der Waals surface area contributed by atoms with Gasteiger partial charge in [-0.25, -0.2) is 0 Å². The smallest absolute Gasteiger partial charge is 0.253 e. The van der Waals surface area contributed by atoms with Gasteiger partial charge in [0.15, 0.2) is 0 Å². The summed E-state index contributed by atoms with van der Waals surface area (Å²) in [7, 11) is 2.15. The van der Waals surface area contributed by atoms with Crippen molar-refractivity contribution >= 4 is 11.5 Å². The molecule has 1 aromatic carbocycles. The topological polar surface area (TPSA) is 32.8 Å². The van der Waals surface area contributed by atoms with Crippen molar-refractivity contribution in [3.8, 4) is 5.75 Å². The Morgan fingerprint density at radius 3 is 2.50 bits per heavy atom. The maximum absolute atomic E-state index is 12.7. The molecule has 0 N–H and O–H groups in total. The molecule has 3 rings (SSSR count). The Morgan fingerprint density at radius 1 is 1.20 bits per heavy atom. The van der Waals surface area contributed by atoms with Crippen LogP contribution >= 0.6 is 0 Å². The second-order valence-corrected chi connectivity index (χ2v) is 8.10. The SMILES string of the molecule is C=C(/C=C\C(=C/C)C(=O)N(CC)CC)C1=CC2(CCN(C)CC2)Oc2ccccc21. The van der Waals surface area contributed by atoms with Crippen LogP contribution in [-0.4, -0.2) is 54.5 Å². The number of likely N-dealkylation sites (N-methyl/N-ethyl adjacent to an activating group) is 1. The highest BCUT2D eigenvalue weighted by Crippen LogP contribution is 2.43. The van der Waals surface area contributed by atoms with E-state index >= 15 is 0 Å². The van der Waals surface area contributed by atoms with Crippen LogP contribution in [0.3, 0.4) is 0 Å². The highest BCUT2D eigenvalue weighted by Gasteiger charge is 2.38. The molecule has 30 heavy (non-hydrogen) atoms. The molecule has 0 radical (unpaired) electrons. The molecule has 1 aromatic rings. The van der Waals surface area contributed by atoms with Gasteiger partial charge in [-0.2, -0.15) is 0 Å². The van der Waals surface area contributed by atoms with Crippen molar-refractivity contribution in [3.63, 3.8) is 0 Å². The van der Waals surface area contributed by atoms with Crippen molar-refractivity contribution in [1.82, 2.24) is 9.80 Å². The number of para-hydroxylation sites is 1. The minimum Gasteiger partial charge on any atom is -0.482 e. The fourth-order valence-corrected chi connectivity index (χ4v) is 4.14. The number of piperidine rings is 1. The van der Waals surface area contributed by atoms with Gasteiger partial charge in [0.2, 0.25) is 0 Å². The summed E-state index contributed by atoms with van der Waals surface area (Å²) >= 11 is 0. The monoisotopic (exact) mass is 406 g/mol. The Morgan fingerprint density at radius 2 is 1.87 bits per heavy atom. The average Bonchev–Trinajstić information content (AvgIpc) is 2.76. The van der Waals surface area contributed by atoms with Crippen LogP contribution in [0.1, 0.15) is 39.2 Å². The lowest BCUT2D eigenvalue weighted by Gasteiger charge is -2.42. The van der Waals surface area contributed by atoms with Gasteiger partial charge in [-0.1, -0.05) is 36.9 Å². The molecular formula is C26H34N2O2. The maximum atomic E-state index is 12.7. The molecule has 4 nitrogen and oxygen atoms in total. The molecule has 1 spiro atoms. The van der Waals surface area contributed by atoms with E-state index in [0.29, 0.717) is 18.7 Å².